The molecule has 17 heavy (non-hydrogen) atoms. The van der Waals surface area contributed by atoms with Gasteiger partial charge in [-0.25, -0.2) is 0 Å². The van der Waals surface area contributed by atoms with Gasteiger partial charge in [-0.3, -0.25) is 4.98 Å². The van der Waals surface area contributed by atoms with E-state index in [0.717, 1.165) is 0 Å². The number of hydrogen-bond acceptors (Lipinski definition) is 2. The molecular formula is C10H7F3N3Re-. The van der Waals surface area contributed by atoms with Crippen LogP contribution in [0.1, 0.15) is 11.3 Å². The predicted molar refractivity (Wildman–Crippen MR) is 50.5 cm³/mol. The van der Waals surface area contributed by atoms with Crippen molar-refractivity contribution < 1.29 is 33.6 Å². The van der Waals surface area contributed by atoms with Crippen molar-refractivity contribution >= 4 is 0 Å². The standard InChI is InChI=1S/C10H7F3N3.Re/c1-6-8(10(11,12)13)9(16-15-6)7-4-2-3-5-14-7;/h2-5H,1H3;/q-1;. The molecule has 0 aliphatic rings. The molecule has 0 N–H and O–H groups in total. The first kappa shape index (κ1) is 13.9. The summed E-state index contributed by atoms with van der Waals surface area (Å²) >= 11 is 0. The van der Waals surface area contributed by atoms with E-state index in [0.29, 0.717) is 0 Å². The predicted octanol–water partition coefficient (Wildman–Crippen LogP) is 2.43. The van der Waals surface area contributed by atoms with Gasteiger partial charge in [0.1, 0.15) is 0 Å². The van der Waals surface area contributed by atoms with Crippen LogP contribution in [0.3, 0.4) is 0 Å². The van der Waals surface area contributed by atoms with Crippen molar-refractivity contribution in [1.82, 2.24) is 15.2 Å². The van der Waals surface area contributed by atoms with E-state index in [-0.39, 0.29) is 37.5 Å². The van der Waals surface area contributed by atoms with Crippen molar-refractivity contribution in [3.63, 3.8) is 0 Å². The van der Waals surface area contributed by atoms with Crippen molar-refractivity contribution in [1.29, 1.82) is 0 Å². The molecule has 2 aromatic heterocycles. The molecule has 1 radical (unpaired) electrons. The van der Waals surface area contributed by atoms with Gasteiger partial charge < -0.3 is 10.2 Å². The van der Waals surface area contributed by atoms with Gasteiger partial charge in [-0.1, -0.05) is 11.8 Å². The van der Waals surface area contributed by atoms with E-state index in [1.165, 1.54) is 19.2 Å². The Morgan fingerprint density at radius 3 is 2.47 bits per heavy atom. The minimum Gasteiger partial charge on any atom is -0.573 e. The maximum atomic E-state index is 12.7. The molecule has 3 nitrogen and oxygen atoms in total. The molecule has 2 heterocycles. The molecule has 0 spiro atoms. The average Bonchev–Trinajstić information content (AvgIpc) is 2.61. The SMILES string of the molecule is Cc1n[n-]c(-c2ccccn2)c1C(F)(F)F.[Re]. The molecule has 0 unspecified atom stereocenters. The van der Waals surface area contributed by atoms with E-state index < -0.39 is 11.7 Å². The Morgan fingerprint density at radius 1 is 1.24 bits per heavy atom. The summed E-state index contributed by atoms with van der Waals surface area (Å²) < 4.78 is 38.2. The van der Waals surface area contributed by atoms with Crippen molar-refractivity contribution in [2.45, 2.75) is 13.1 Å². The van der Waals surface area contributed by atoms with E-state index >= 15 is 0 Å². The van der Waals surface area contributed by atoms with E-state index in [1.54, 1.807) is 12.1 Å². The number of alkyl halides is 3. The molecule has 91 valence electrons. The summed E-state index contributed by atoms with van der Waals surface area (Å²) in [6.07, 6.45) is -3.04. The zero-order valence-electron chi connectivity index (χ0n) is 8.66. The third kappa shape index (κ3) is 2.74. The Morgan fingerprint density at radius 2 is 1.94 bits per heavy atom. The summed E-state index contributed by atoms with van der Waals surface area (Å²) in [7, 11) is 0. The third-order valence-electron chi connectivity index (χ3n) is 2.09. The summed E-state index contributed by atoms with van der Waals surface area (Å²) in [4.78, 5) is 3.83. The van der Waals surface area contributed by atoms with Crippen LogP contribution in [-0.4, -0.2) is 10.1 Å². The number of rotatable bonds is 1. The molecule has 2 aromatic rings. The van der Waals surface area contributed by atoms with E-state index in [4.69, 9.17) is 0 Å². The van der Waals surface area contributed by atoms with Crippen LogP contribution in [0.2, 0.25) is 0 Å². The molecule has 7 heteroatoms. The molecule has 0 saturated heterocycles. The van der Waals surface area contributed by atoms with Crippen LogP contribution >= 0.6 is 0 Å². The van der Waals surface area contributed by atoms with E-state index in [2.05, 4.69) is 15.2 Å². The number of aryl methyl sites for hydroxylation is 1. The van der Waals surface area contributed by atoms with Crippen LogP contribution in [-0.2, 0) is 26.6 Å². The molecule has 0 atom stereocenters. The molecular weight excluding hydrogens is 405 g/mol. The molecule has 0 saturated carbocycles. The second kappa shape index (κ2) is 4.98. The molecule has 0 fully saturated rings. The van der Waals surface area contributed by atoms with Crippen LogP contribution in [0.25, 0.3) is 11.4 Å². The quantitative estimate of drug-likeness (QED) is 0.723. The maximum Gasteiger partial charge on any atom is 0.417 e. The van der Waals surface area contributed by atoms with Gasteiger partial charge in [-0.2, -0.15) is 13.2 Å². The normalized spacial score (nSPS) is 11.1. The zero-order valence-corrected chi connectivity index (χ0v) is 11.4. The van der Waals surface area contributed by atoms with Crippen molar-refractivity contribution in [2.24, 2.45) is 0 Å². The molecule has 2 rings (SSSR count). The van der Waals surface area contributed by atoms with Gasteiger partial charge >= 0.3 is 6.18 Å². The monoisotopic (exact) mass is 413 g/mol. The summed E-state index contributed by atoms with van der Waals surface area (Å²) in [5, 5.41) is 6.97. The first-order valence-electron chi connectivity index (χ1n) is 4.48. The van der Waals surface area contributed by atoms with Crippen molar-refractivity contribution in [3.05, 3.63) is 35.7 Å². The summed E-state index contributed by atoms with van der Waals surface area (Å²) in [6, 6.07) is 4.70. The van der Waals surface area contributed by atoms with Gasteiger partial charge in [0.25, 0.3) is 0 Å². The maximum absolute atomic E-state index is 12.7. The van der Waals surface area contributed by atoms with Crippen molar-refractivity contribution in [3.8, 4) is 11.4 Å². The fourth-order valence-electron chi connectivity index (χ4n) is 1.42. The number of nitrogens with zero attached hydrogens (tertiary/aromatic N) is 3. The molecule has 0 aliphatic heterocycles. The second-order valence-corrected chi connectivity index (χ2v) is 3.22. The second-order valence-electron chi connectivity index (χ2n) is 3.22. The Kier molecular flexibility index (Phi) is 4.07. The minimum atomic E-state index is -4.46. The van der Waals surface area contributed by atoms with Gasteiger partial charge in [0.2, 0.25) is 0 Å². The van der Waals surface area contributed by atoms with E-state index in [1.807, 2.05) is 0 Å². The molecule has 0 amide bonds. The molecule has 0 aromatic carbocycles. The van der Waals surface area contributed by atoms with Gasteiger partial charge in [0.15, 0.2) is 0 Å². The van der Waals surface area contributed by atoms with Crippen LogP contribution in [0.4, 0.5) is 13.2 Å². The number of hydrogen-bond donors (Lipinski definition) is 0. The van der Waals surface area contributed by atoms with Crippen molar-refractivity contribution in [2.75, 3.05) is 0 Å². The molecule has 0 bridgehead atoms. The van der Waals surface area contributed by atoms with E-state index in [9.17, 15) is 13.2 Å². The molecule has 0 aliphatic carbocycles. The van der Waals surface area contributed by atoms with Crippen LogP contribution < -0.4 is 5.10 Å². The summed E-state index contributed by atoms with van der Waals surface area (Å²) in [5.41, 5.74) is -0.986. The Bertz CT molecular complexity index is 493. The number of pyridine rings is 1. The first-order valence-corrected chi connectivity index (χ1v) is 4.48. The minimum absolute atomic E-state index is 0. The van der Waals surface area contributed by atoms with Gasteiger partial charge in [0, 0.05) is 38.0 Å². The van der Waals surface area contributed by atoms with Crippen LogP contribution in [0.15, 0.2) is 24.4 Å². The van der Waals surface area contributed by atoms with Crippen LogP contribution in [0, 0.1) is 6.92 Å². The number of halogens is 3. The van der Waals surface area contributed by atoms with Gasteiger partial charge in [-0.05, 0) is 19.1 Å². The largest absolute Gasteiger partial charge is 0.573 e. The topological polar surface area (TPSA) is 39.9 Å². The summed E-state index contributed by atoms with van der Waals surface area (Å²) in [6.45, 7) is 1.28. The van der Waals surface area contributed by atoms with Gasteiger partial charge in [-0.15, -0.1) is 0 Å². The Hall–Kier alpha value is -1.19. The van der Waals surface area contributed by atoms with Crippen LogP contribution in [0.5, 0.6) is 0 Å². The first-order chi connectivity index (χ1) is 7.50. The smallest absolute Gasteiger partial charge is 0.417 e. The average molecular weight is 412 g/mol. The third-order valence-corrected chi connectivity index (χ3v) is 2.09. The summed E-state index contributed by atoms with van der Waals surface area (Å²) in [5.74, 6) is 0. The Labute approximate surface area is 109 Å². The number of aromatic nitrogens is 3. The zero-order chi connectivity index (χ0) is 11.8. The fourth-order valence-corrected chi connectivity index (χ4v) is 1.42. The fraction of sp³-hybridized carbons (Fsp3) is 0.200. The Balaban J connectivity index is 0.00000144. The van der Waals surface area contributed by atoms with Gasteiger partial charge in [0.05, 0.1) is 5.56 Å².